The van der Waals surface area contributed by atoms with Crippen LogP contribution in [0.1, 0.15) is 23.7 Å². The molecule has 156 valence electrons. The lowest BCUT2D eigenvalue weighted by atomic mass is 9.90. The van der Waals surface area contributed by atoms with Crippen LogP contribution < -0.4 is 0 Å². The van der Waals surface area contributed by atoms with Crippen LogP contribution in [-0.4, -0.2) is 33.7 Å². The highest BCUT2D eigenvalue weighted by atomic mass is 35.5. The summed E-state index contributed by atoms with van der Waals surface area (Å²) in [7, 11) is 0. The molecule has 8 heteroatoms. The van der Waals surface area contributed by atoms with Crippen molar-refractivity contribution in [3.8, 4) is 6.07 Å². The van der Waals surface area contributed by atoms with Crippen LogP contribution in [0.2, 0.25) is 0 Å². The first kappa shape index (κ1) is 21.2. The van der Waals surface area contributed by atoms with Crippen LogP contribution in [0.5, 0.6) is 0 Å². The number of halogens is 1. The van der Waals surface area contributed by atoms with E-state index >= 15 is 0 Å². The molecule has 2 aliphatic rings. The van der Waals surface area contributed by atoms with Crippen molar-refractivity contribution in [3.05, 3.63) is 82.5 Å². The third-order valence-corrected chi connectivity index (χ3v) is 6.90. The molecule has 1 unspecified atom stereocenters. The van der Waals surface area contributed by atoms with Crippen molar-refractivity contribution in [2.45, 2.75) is 17.9 Å². The molecular formula is C23H17ClN2O4S. The number of β-lactam (4-membered cyclic amide) rings is 1. The Morgan fingerprint density at radius 1 is 1.13 bits per heavy atom. The highest BCUT2D eigenvalue weighted by Gasteiger charge is 2.56. The van der Waals surface area contributed by atoms with Crippen LogP contribution in [0, 0.1) is 17.2 Å². The smallest absolute Gasteiger partial charge is 0.357 e. The summed E-state index contributed by atoms with van der Waals surface area (Å²) in [4.78, 5) is 39.3. The molecule has 1 amide bonds. The van der Waals surface area contributed by atoms with E-state index in [4.69, 9.17) is 21.6 Å². The molecule has 6 nitrogen and oxygen atoms in total. The predicted molar refractivity (Wildman–Crippen MR) is 116 cm³/mol. The van der Waals surface area contributed by atoms with E-state index in [2.05, 4.69) is 0 Å². The van der Waals surface area contributed by atoms with Gasteiger partial charge < -0.3 is 4.74 Å². The average Bonchev–Trinajstić information content (AvgIpc) is 2.79. The third kappa shape index (κ3) is 3.97. The van der Waals surface area contributed by atoms with Gasteiger partial charge in [-0.15, -0.1) is 11.8 Å². The van der Waals surface area contributed by atoms with Crippen LogP contribution in [0.15, 0.2) is 71.4 Å². The molecule has 2 aromatic rings. The maximum Gasteiger partial charge on any atom is 0.357 e. The van der Waals surface area contributed by atoms with Crippen molar-refractivity contribution in [3.63, 3.8) is 0 Å². The molecule has 0 saturated carbocycles. The number of benzene rings is 2. The van der Waals surface area contributed by atoms with Crippen LogP contribution in [-0.2, 0) is 19.1 Å². The summed E-state index contributed by atoms with van der Waals surface area (Å²) in [5.74, 6) is -2.36. The second-order valence-electron chi connectivity index (χ2n) is 7.05. The Kier molecular flexibility index (Phi) is 6.12. The van der Waals surface area contributed by atoms with Gasteiger partial charge in [-0.1, -0.05) is 72.3 Å². The summed E-state index contributed by atoms with van der Waals surface area (Å²) < 4.78 is 5.86. The molecule has 4 rings (SSSR count). The van der Waals surface area contributed by atoms with Gasteiger partial charge >= 0.3 is 5.97 Å². The van der Waals surface area contributed by atoms with Gasteiger partial charge in [-0.05, 0) is 11.1 Å². The van der Waals surface area contributed by atoms with Crippen LogP contribution in [0.4, 0.5) is 0 Å². The number of rotatable bonds is 6. The summed E-state index contributed by atoms with van der Waals surface area (Å²) in [5, 5.41) is 8.43. The van der Waals surface area contributed by atoms with Gasteiger partial charge in [0.1, 0.15) is 17.0 Å². The van der Waals surface area contributed by atoms with E-state index in [1.54, 1.807) is 6.07 Å². The summed E-state index contributed by atoms with van der Waals surface area (Å²) in [6.07, 6.45) is -1.03. The monoisotopic (exact) mass is 452 g/mol. The second-order valence-corrected chi connectivity index (χ2v) is 8.61. The first-order chi connectivity index (χ1) is 15.0. The molecule has 31 heavy (non-hydrogen) atoms. The zero-order valence-corrected chi connectivity index (χ0v) is 17.8. The Labute approximate surface area is 188 Å². The minimum atomic E-state index is -0.934. The SMILES string of the molecule is N#CCC(=O)C1C(=O)N2C(C(=O)OC(c3ccccc3)c3ccccc3)=C(Cl)CS[C@@H]12. The Balaban J connectivity index is 1.61. The number of amides is 1. The number of carbonyl (C=O) groups excluding carboxylic acids is 3. The standard InChI is InChI=1S/C23H17ClN2O4S/c24-16-13-31-22-18(17(27)11-12-25)21(28)26(22)19(16)23(29)30-20(14-7-3-1-4-8-14)15-9-5-2-6-10-15/h1-10,18,20,22H,11,13H2/t18?,22-/m0/s1. The third-order valence-electron chi connectivity index (χ3n) is 5.14. The summed E-state index contributed by atoms with van der Waals surface area (Å²) in [5.41, 5.74) is 1.52. The topological polar surface area (TPSA) is 87.5 Å². The van der Waals surface area contributed by atoms with Crippen molar-refractivity contribution in [1.29, 1.82) is 5.26 Å². The first-order valence-electron chi connectivity index (χ1n) is 9.56. The van der Waals surface area contributed by atoms with E-state index < -0.39 is 35.1 Å². The second kappa shape index (κ2) is 8.96. The molecule has 2 aliphatic heterocycles. The van der Waals surface area contributed by atoms with Crippen LogP contribution in [0.25, 0.3) is 0 Å². The number of ketones is 1. The minimum absolute atomic E-state index is 0.0340. The zero-order valence-electron chi connectivity index (χ0n) is 16.2. The fourth-order valence-corrected chi connectivity index (χ4v) is 5.30. The van der Waals surface area contributed by atoms with Crippen molar-refractivity contribution in [1.82, 2.24) is 4.90 Å². The zero-order chi connectivity index (χ0) is 22.0. The number of esters is 1. The molecule has 0 bridgehead atoms. The molecule has 2 heterocycles. The summed E-state index contributed by atoms with van der Waals surface area (Å²) in [6.45, 7) is 0. The Bertz CT molecular complexity index is 1060. The van der Waals surface area contributed by atoms with Crippen molar-refractivity contribution >= 4 is 41.0 Å². The van der Waals surface area contributed by atoms with Gasteiger partial charge in [0.05, 0.1) is 17.5 Å². The Morgan fingerprint density at radius 3 is 2.26 bits per heavy atom. The number of hydrogen-bond acceptors (Lipinski definition) is 6. The lowest BCUT2D eigenvalue weighted by molar-refractivity contribution is -0.159. The van der Waals surface area contributed by atoms with Crippen LogP contribution in [0.3, 0.4) is 0 Å². The van der Waals surface area contributed by atoms with Crippen molar-refractivity contribution < 1.29 is 19.1 Å². The molecule has 2 atom stereocenters. The van der Waals surface area contributed by atoms with Gasteiger partial charge in [-0.25, -0.2) is 4.79 Å². The van der Waals surface area contributed by atoms with E-state index in [9.17, 15) is 14.4 Å². The van der Waals surface area contributed by atoms with Gasteiger partial charge in [0, 0.05) is 5.75 Å². The Morgan fingerprint density at radius 2 is 1.71 bits per heavy atom. The minimum Gasteiger partial charge on any atom is -0.448 e. The lowest BCUT2D eigenvalue weighted by Gasteiger charge is -2.48. The number of carbonyl (C=O) groups is 3. The van der Waals surface area contributed by atoms with Gasteiger partial charge in [-0.3, -0.25) is 14.5 Å². The van der Waals surface area contributed by atoms with E-state index in [0.29, 0.717) is 0 Å². The molecule has 0 radical (unpaired) electrons. The van der Waals surface area contributed by atoms with Crippen LogP contribution >= 0.6 is 23.4 Å². The highest BCUT2D eigenvalue weighted by Crippen LogP contribution is 2.46. The number of hydrogen-bond donors (Lipinski definition) is 0. The van der Waals surface area contributed by atoms with Gasteiger partial charge in [-0.2, -0.15) is 5.26 Å². The maximum absolute atomic E-state index is 13.2. The molecule has 0 N–H and O–H groups in total. The molecule has 0 aromatic heterocycles. The summed E-state index contributed by atoms with van der Waals surface area (Å²) >= 11 is 7.62. The molecular weight excluding hydrogens is 436 g/mol. The van der Waals surface area contributed by atoms with E-state index in [0.717, 1.165) is 11.1 Å². The van der Waals surface area contributed by atoms with Gasteiger partial charge in [0.2, 0.25) is 5.91 Å². The Hall–Kier alpha value is -3.08. The number of Topliss-reactive ketones (excluding diaryl/α,β-unsaturated/α-hetero) is 1. The van der Waals surface area contributed by atoms with Crippen molar-refractivity contribution in [2.24, 2.45) is 5.92 Å². The molecule has 0 spiro atoms. The molecule has 1 saturated heterocycles. The number of fused-ring (bicyclic) bond motifs is 1. The largest absolute Gasteiger partial charge is 0.448 e. The predicted octanol–water partition coefficient (Wildman–Crippen LogP) is 3.78. The maximum atomic E-state index is 13.2. The van der Waals surface area contributed by atoms with Gasteiger partial charge in [0.15, 0.2) is 11.9 Å². The quantitative estimate of drug-likeness (QED) is 0.376. The number of thioether (sulfide) groups is 1. The van der Waals surface area contributed by atoms with Gasteiger partial charge in [0.25, 0.3) is 0 Å². The first-order valence-corrected chi connectivity index (χ1v) is 11.0. The normalized spacial score (nSPS) is 20.0. The molecule has 0 aliphatic carbocycles. The number of nitrogens with zero attached hydrogens (tertiary/aromatic N) is 2. The van der Waals surface area contributed by atoms with E-state index in [-0.39, 0.29) is 22.9 Å². The fraction of sp³-hybridized carbons (Fsp3) is 0.217. The van der Waals surface area contributed by atoms with Crippen molar-refractivity contribution in [2.75, 3.05) is 5.75 Å². The van der Waals surface area contributed by atoms with E-state index in [1.807, 2.05) is 60.7 Å². The summed E-state index contributed by atoms with van der Waals surface area (Å²) in [6, 6.07) is 20.3. The molecule has 2 aromatic carbocycles. The molecule has 1 fully saturated rings. The lowest BCUT2D eigenvalue weighted by Crippen LogP contribution is -2.63. The average molecular weight is 453 g/mol. The number of ether oxygens (including phenoxy) is 1. The fourth-order valence-electron chi connectivity index (χ4n) is 3.67. The van der Waals surface area contributed by atoms with E-state index in [1.165, 1.54) is 16.7 Å². The number of nitriles is 1. The highest BCUT2D eigenvalue weighted by molar-refractivity contribution is 8.00.